The Kier molecular flexibility index (Phi) is 6.13. The van der Waals surface area contributed by atoms with E-state index >= 15 is 0 Å². The maximum Gasteiger partial charge on any atom is 0.359 e. The molecule has 188 valence electrons. The molecule has 0 fully saturated rings. The first-order valence-corrected chi connectivity index (χ1v) is 11.3. The number of benzene rings is 2. The fourth-order valence-electron chi connectivity index (χ4n) is 3.79. The number of rotatable bonds is 5. The second-order valence-electron chi connectivity index (χ2n) is 8.09. The van der Waals surface area contributed by atoms with Crippen molar-refractivity contribution in [2.75, 3.05) is 11.1 Å². The summed E-state index contributed by atoms with van der Waals surface area (Å²) in [7, 11) is 1.75. The summed E-state index contributed by atoms with van der Waals surface area (Å²) < 4.78 is 31.2. The Balaban J connectivity index is 1.69. The van der Waals surface area contributed by atoms with E-state index in [0.29, 0.717) is 11.2 Å². The number of nitrogens with zero attached hydrogens (tertiary/aromatic N) is 6. The summed E-state index contributed by atoms with van der Waals surface area (Å²) in [6, 6.07) is 6.71. The zero-order chi connectivity index (χ0) is 26.4. The lowest BCUT2D eigenvalue weighted by Gasteiger charge is -2.16. The van der Waals surface area contributed by atoms with Crippen LogP contribution in [0.15, 0.2) is 58.5 Å². The predicted molar refractivity (Wildman–Crippen MR) is 136 cm³/mol. The van der Waals surface area contributed by atoms with Crippen molar-refractivity contribution in [1.29, 1.82) is 0 Å². The zero-order valence-electron chi connectivity index (χ0n) is 18.9. The maximum absolute atomic E-state index is 14.1. The number of nitrogen functional groups attached to an aromatic ring is 1. The lowest BCUT2D eigenvalue weighted by atomic mass is 10.2. The molecule has 5 rings (SSSR count). The number of aryl methyl sites for hydroxylation is 1. The largest absolute Gasteiger partial charge is 0.397 e. The average Bonchev–Trinajstić information content (AvgIpc) is 3.18. The summed E-state index contributed by atoms with van der Waals surface area (Å²) in [6.07, 6.45) is 4.36. The minimum atomic E-state index is -1.22. The minimum absolute atomic E-state index is 0.0703. The van der Waals surface area contributed by atoms with E-state index in [0.717, 1.165) is 20.6 Å². The fourth-order valence-corrected chi connectivity index (χ4v) is 4.22. The van der Waals surface area contributed by atoms with Gasteiger partial charge in [-0.3, -0.25) is 14.2 Å². The molecule has 14 heteroatoms. The number of pyridine rings is 1. The van der Waals surface area contributed by atoms with Crippen molar-refractivity contribution in [3.8, 4) is 5.69 Å². The monoisotopic (exact) mass is 544 g/mol. The van der Waals surface area contributed by atoms with Crippen molar-refractivity contribution < 1.29 is 8.78 Å². The van der Waals surface area contributed by atoms with Crippen molar-refractivity contribution >= 4 is 51.4 Å². The van der Waals surface area contributed by atoms with Crippen LogP contribution in [0, 0.1) is 11.6 Å². The van der Waals surface area contributed by atoms with Crippen LogP contribution in [0.2, 0.25) is 10.0 Å². The molecule has 5 aromatic rings. The highest BCUT2D eigenvalue weighted by molar-refractivity contribution is 6.34. The molecular formula is C23H16Cl2F2N8O2. The van der Waals surface area contributed by atoms with Crippen LogP contribution in [0.3, 0.4) is 0 Å². The maximum atomic E-state index is 14.1. The van der Waals surface area contributed by atoms with Crippen LogP contribution in [0.4, 0.5) is 26.1 Å². The Morgan fingerprint density at radius 2 is 1.84 bits per heavy atom. The zero-order valence-corrected chi connectivity index (χ0v) is 20.4. The van der Waals surface area contributed by atoms with Gasteiger partial charge >= 0.3 is 11.4 Å². The van der Waals surface area contributed by atoms with Gasteiger partial charge in [-0.15, -0.1) is 0 Å². The van der Waals surface area contributed by atoms with Crippen molar-refractivity contribution in [3.63, 3.8) is 0 Å². The first-order valence-electron chi connectivity index (χ1n) is 10.6. The molecule has 0 saturated carbocycles. The van der Waals surface area contributed by atoms with Crippen LogP contribution in [0.25, 0.3) is 16.6 Å². The number of hydrogen-bond acceptors (Lipinski definition) is 7. The van der Waals surface area contributed by atoms with Gasteiger partial charge in [0.05, 0.1) is 45.4 Å². The highest BCUT2D eigenvalue weighted by Gasteiger charge is 2.19. The lowest BCUT2D eigenvalue weighted by molar-refractivity contribution is 0.506. The summed E-state index contributed by atoms with van der Waals surface area (Å²) in [4.78, 5) is 34.5. The van der Waals surface area contributed by atoms with Gasteiger partial charge in [-0.25, -0.2) is 22.9 Å². The molecule has 0 aliphatic carbocycles. The van der Waals surface area contributed by atoms with Gasteiger partial charge in [-0.05, 0) is 35.9 Å². The van der Waals surface area contributed by atoms with Gasteiger partial charge in [-0.1, -0.05) is 23.2 Å². The van der Waals surface area contributed by atoms with Crippen LogP contribution in [0.1, 0.15) is 5.56 Å². The van der Waals surface area contributed by atoms with Crippen LogP contribution in [-0.2, 0) is 13.6 Å². The summed E-state index contributed by atoms with van der Waals surface area (Å²) in [6.45, 7) is -0.326. The molecule has 0 amide bonds. The molecule has 37 heavy (non-hydrogen) atoms. The van der Waals surface area contributed by atoms with Crippen LogP contribution < -0.4 is 22.4 Å². The number of halogens is 4. The molecule has 0 unspecified atom stereocenters. The lowest BCUT2D eigenvalue weighted by Crippen LogP contribution is -2.41. The number of aromatic nitrogens is 6. The van der Waals surface area contributed by atoms with Crippen molar-refractivity contribution in [2.24, 2.45) is 7.05 Å². The Bertz CT molecular complexity index is 1790. The van der Waals surface area contributed by atoms with Crippen LogP contribution in [-0.4, -0.2) is 28.9 Å². The van der Waals surface area contributed by atoms with Crippen molar-refractivity contribution in [3.05, 3.63) is 97.1 Å². The van der Waals surface area contributed by atoms with Crippen molar-refractivity contribution in [1.82, 2.24) is 28.9 Å². The molecule has 3 heterocycles. The first-order chi connectivity index (χ1) is 17.6. The van der Waals surface area contributed by atoms with E-state index in [-0.39, 0.29) is 34.5 Å². The Morgan fingerprint density at radius 1 is 1.05 bits per heavy atom. The molecule has 0 bridgehead atoms. The third-order valence-corrected chi connectivity index (χ3v) is 6.00. The molecule has 0 saturated heterocycles. The molecule has 2 aromatic carbocycles. The summed E-state index contributed by atoms with van der Waals surface area (Å²) in [5.41, 5.74) is 5.36. The van der Waals surface area contributed by atoms with Gasteiger partial charge in [0, 0.05) is 24.8 Å². The van der Waals surface area contributed by atoms with Crippen LogP contribution >= 0.6 is 23.2 Å². The molecule has 0 atom stereocenters. The SMILES string of the molecule is Cn1cc2cc(Nc3nc(=O)n(-c4cncc(N)c4)c(=O)n3Cc3cc(F)c(F)c(Cl)c3)c(Cl)cc2n1. The predicted octanol–water partition coefficient (Wildman–Crippen LogP) is 3.64. The Morgan fingerprint density at radius 3 is 2.57 bits per heavy atom. The summed E-state index contributed by atoms with van der Waals surface area (Å²) >= 11 is 12.2. The van der Waals surface area contributed by atoms with Crippen molar-refractivity contribution in [2.45, 2.75) is 6.54 Å². The molecular weight excluding hydrogens is 529 g/mol. The topological polar surface area (TPSA) is 126 Å². The van der Waals surface area contributed by atoms with Gasteiger partial charge in [0.25, 0.3) is 0 Å². The Hall–Kier alpha value is -4.29. The standard InChI is InChI=1S/C23H16Cl2F2N8O2/c1-33-10-12-4-19(15(24)6-18(12)32-33)30-21-31-22(36)35(14-5-13(28)7-29-8-14)23(37)34(21)9-11-2-16(25)20(27)17(26)3-11/h2-8,10H,9,28H2,1H3,(H,30,31,36). The van der Waals surface area contributed by atoms with E-state index in [9.17, 15) is 18.4 Å². The van der Waals surface area contributed by atoms with Gasteiger partial charge in [0.1, 0.15) is 0 Å². The fraction of sp³-hybridized carbons (Fsp3) is 0.0870. The molecule has 3 aromatic heterocycles. The molecule has 0 aliphatic heterocycles. The van der Waals surface area contributed by atoms with E-state index < -0.39 is 28.0 Å². The van der Waals surface area contributed by atoms with Gasteiger partial charge in [0.15, 0.2) is 11.6 Å². The van der Waals surface area contributed by atoms with E-state index in [1.807, 2.05) is 0 Å². The molecule has 0 radical (unpaired) electrons. The number of fused-ring (bicyclic) bond motifs is 1. The number of hydrogen-bond donors (Lipinski definition) is 2. The molecule has 10 nitrogen and oxygen atoms in total. The number of anilines is 3. The van der Waals surface area contributed by atoms with Gasteiger partial charge in [0.2, 0.25) is 5.95 Å². The third-order valence-electron chi connectivity index (χ3n) is 5.41. The second-order valence-corrected chi connectivity index (χ2v) is 8.91. The first kappa shape index (κ1) is 24.4. The van der Waals surface area contributed by atoms with Crippen LogP contribution in [0.5, 0.6) is 0 Å². The summed E-state index contributed by atoms with van der Waals surface area (Å²) in [5, 5.41) is 7.69. The van der Waals surface area contributed by atoms with E-state index in [2.05, 4.69) is 20.4 Å². The van der Waals surface area contributed by atoms with E-state index in [1.165, 1.54) is 24.5 Å². The quantitative estimate of drug-likeness (QED) is 0.323. The highest BCUT2D eigenvalue weighted by atomic mass is 35.5. The average molecular weight is 545 g/mol. The normalized spacial score (nSPS) is 11.3. The Labute approximate surface area is 216 Å². The van der Waals surface area contributed by atoms with Gasteiger partial charge in [-0.2, -0.15) is 10.1 Å². The molecule has 3 N–H and O–H groups in total. The highest BCUT2D eigenvalue weighted by Crippen LogP contribution is 2.29. The second kappa shape index (κ2) is 9.30. The number of nitrogens with two attached hydrogens (primary N) is 1. The third kappa shape index (κ3) is 4.63. The molecule has 0 aliphatic rings. The summed E-state index contributed by atoms with van der Waals surface area (Å²) in [5.74, 6) is -2.62. The molecule has 0 spiro atoms. The smallest absolute Gasteiger partial charge is 0.359 e. The van der Waals surface area contributed by atoms with E-state index in [4.69, 9.17) is 28.9 Å². The number of nitrogens with one attached hydrogen (secondary N) is 1. The van der Waals surface area contributed by atoms with Gasteiger partial charge < -0.3 is 11.1 Å². The minimum Gasteiger partial charge on any atom is -0.397 e. The van der Waals surface area contributed by atoms with E-state index in [1.54, 1.807) is 30.1 Å².